The van der Waals surface area contributed by atoms with Crippen molar-refractivity contribution in [2.75, 3.05) is 19.8 Å². The van der Waals surface area contributed by atoms with Gasteiger partial charge in [-0.2, -0.15) is 0 Å². The maximum atomic E-state index is 9.02. The van der Waals surface area contributed by atoms with Crippen molar-refractivity contribution in [3.63, 3.8) is 0 Å². The molecular formula is C10H22O2. The van der Waals surface area contributed by atoms with Gasteiger partial charge in [0.05, 0.1) is 0 Å². The molecule has 0 aromatic heterocycles. The lowest BCUT2D eigenvalue weighted by atomic mass is 9.95. The van der Waals surface area contributed by atoms with E-state index in [9.17, 15) is 0 Å². The van der Waals surface area contributed by atoms with E-state index in [1.165, 1.54) is 0 Å². The minimum absolute atomic E-state index is 0.297. The van der Waals surface area contributed by atoms with Crippen molar-refractivity contribution >= 4 is 0 Å². The van der Waals surface area contributed by atoms with Crippen LogP contribution in [0.3, 0.4) is 0 Å². The van der Waals surface area contributed by atoms with E-state index in [-0.39, 0.29) is 0 Å². The van der Waals surface area contributed by atoms with Gasteiger partial charge in [-0.15, -0.1) is 0 Å². The average Bonchev–Trinajstić information content (AvgIpc) is 2.02. The second-order valence-corrected chi connectivity index (χ2v) is 3.66. The summed E-state index contributed by atoms with van der Waals surface area (Å²) in [4.78, 5) is 0. The molecule has 0 heterocycles. The molecule has 1 unspecified atom stereocenters. The van der Waals surface area contributed by atoms with E-state index in [1.54, 1.807) is 0 Å². The monoisotopic (exact) mass is 174 g/mol. The zero-order valence-corrected chi connectivity index (χ0v) is 8.55. The average molecular weight is 174 g/mol. The third-order valence-corrected chi connectivity index (χ3v) is 1.94. The molecule has 0 aromatic rings. The highest BCUT2D eigenvalue weighted by Crippen LogP contribution is 2.14. The van der Waals surface area contributed by atoms with Gasteiger partial charge in [0.2, 0.25) is 0 Å². The number of hydrogen-bond acceptors (Lipinski definition) is 2. The van der Waals surface area contributed by atoms with Gasteiger partial charge >= 0.3 is 0 Å². The molecule has 0 aliphatic carbocycles. The molecule has 0 rings (SSSR count). The summed E-state index contributed by atoms with van der Waals surface area (Å²) in [5.41, 5.74) is 0. The summed E-state index contributed by atoms with van der Waals surface area (Å²) in [6.45, 7) is 8.22. The molecule has 1 N–H and O–H groups in total. The van der Waals surface area contributed by atoms with Crippen molar-refractivity contribution in [2.24, 2.45) is 11.8 Å². The Hall–Kier alpha value is -0.0800. The Bertz CT molecular complexity index is 91.8. The molecule has 0 amide bonds. The van der Waals surface area contributed by atoms with E-state index in [2.05, 4.69) is 13.8 Å². The Morgan fingerprint density at radius 2 is 2.00 bits per heavy atom. The Morgan fingerprint density at radius 3 is 2.42 bits per heavy atom. The maximum absolute atomic E-state index is 9.02. The highest BCUT2D eigenvalue weighted by Gasteiger charge is 2.08. The minimum Gasteiger partial charge on any atom is -0.396 e. The van der Waals surface area contributed by atoms with Crippen LogP contribution in [0.2, 0.25) is 0 Å². The van der Waals surface area contributed by atoms with Crippen molar-refractivity contribution in [1.82, 2.24) is 0 Å². The lowest BCUT2D eigenvalue weighted by Crippen LogP contribution is -2.12. The van der Waals surface area contributed by atoms with Gasteiger partial charge in [0.25, 0.3) is 0 Å². The first-order valence-electron chi connectivity index (χ1n) is 4.89. The lowest BCUT2D eigenvalue weighted by molar-refractivity contribution is 0.109. The molecule has 2 heteroatoms. The van der Waals surface area contributed by atoms with E-state index in [4.69, 9.17) is 9.84 Å². The van der Waals surface area contributed by atoms with E-state index in [1.807, 2.05) is 6.92 Å². The Balaban J connectivity index is 3.39. The van der Waals surface area contributed by atoms with Gasteiger partial charge in [0, 0.05) is 19.8 Å². The van der Waals surface area contributed by atoms with E-state index < -0.39 is 0 Å². The quantitative estimate of drug-likeness (QED) is 0.599. The predicted molar refractivity (Wildman–Crippen MR) is 51.1 cm³/mol. The SMILES string of the molecule is CCOCCC(CO)CC(C)C. The molecule has 74 valence electrons. The molecule has 0 aliphatic rings. The zero-order valence-electron chi connectivity index (χ0n) is 8.55. The summed E-state index contributed by atoms with van der Waals surface area (Å²) >= 11 is 0. The van der Waals surface area contributed by atoms with Gasteiger partial charge in [0.15, 0.2) is 0 Å². The number of ether oxygens (including phenoxy) is 1. The van der Waals surface area contributed by atoms with Crippen LogP contribution in [0.15, 0.2) is 0 Å². The van der Waals surface area contributed by atoms with Crippen LogP contribution in [0, 0.1) is 11.8 Å². The first-order valence-corrected chi connectivity index (χ1v) is 4.89. The molecule has 0 spiro atoms. The fourth-order valence-electron chi connectivity index (χ4n) is 1.34. The summed E-state index contributed by atoms with van der Waals surface area (Å²) in [5.74, 6) is 1.10. The molecule has 0 radical (unpaired) electrons. The first-order chi connectivity index (χ1) is 5.70. The molecule has 12 heavy (non-hydrogen) atoms. The Kier molecular flexibility index (Phi) is 7.51. The third-order valence-electron chi connectivity index (χ3n) is 1.94. The summed E-state index contributed by atoms with van der Waals surface area (Å²) in [7, 11) is 0. The lowest BCUT2D eigenvalue weighted by Gasteiger charge is -2.15. The van der Waals surface area contributed by atoms with Gasteiger partial charge in [-0.3, -0.25) is 0 Å². The smallest absolute Gasteiger partial charge is 0.0469 e. The minimum atomic E-state index is 0.297. The molecule has 0 saturated heterocycles. The van der Waals surface area contributed by atoms with Crippen molar-refractivity contribution < 1.29 is 9.84 Å². The molecule has 0 aromatic carbocycles. The van der Waals surface area contributed by atoms with Gasteiger partial charge in [-0.25, -0.2) is 0 Å². The summed E-state index contributed by atoms with van der Waals surface area (Å²) in [6.07, 6.45) is 2.09. The molecular weight excluding hydrogens is 152 g/mol. The highest BCUT2D eigenvalue weighted by molar-refractivity contribution is 4.59. The van der Waals surface area contributed by atoms with Crippen LogP contribution in [0.5, 0.6) is 0 Å². The molecule has 1 atom stereocenters. The van der Waals surface area contributed by atoms with E-state index in [0.717, 1.165) is 26.1 Å². The van der Waals surface area contributed by atoms with Gasteiger partial charge in [0.1, 0.15) is 0 Å². The zero-order chi connectivity index (χ0) is 9.40. The molecule has 0 saturated carbocycles. The van der Waals surface area contributed by atoms with E-state index in [0.29, 0.717) is 18.4 Å². The Labute approximate surface area is 75.9 Å². The largest absolute Gasteiger partial charge is 0.396 e. The summed E-state index contributed by atoms with van der Waals surface area (Å²) in [5, 5.41) is 9.02. The second-order valence-electron chi connectivity index (χ2n) is 3.66. The Morgan fingerprint density at radius 1 is 1.33 bits per heavy atom. The normalized spacial score (nSPS) is 13.8. The van der Waals surface area contributed by atoms with Gasteiger partial charge in [-0.05, 0) is 31.6 Å². The molecule has 0 fully saturated rings. The van der Waals surface area contributed by atoms with E-state index >= 15 is 0 Å². The van der Waals surface area contributed by atoms with Crippen LogP contribution in [-0.2, 0) is 4.74 Å². The van der Waals surface area contributed by atoms with Crippen LogP contribution < -0.4 is 0 Å². The van der Waals surface area contributed by atoms with Crippen LogP contribution in [-0.4, -0.2) is 24.9 Å². The van der Waals surface area contributed by atoms with Crippen molar-refractivity contribution in [3.05, 3.63) is 0 Å². The molecule has 0 aliphatic heterocycles. The number of hydrogen-bond donors (Lipinski definition) is 1. The van der Waals surface area contributed by atoms with Gasteiger partial charge in [-0.1, -0.05) is 13.8 Å². The highest BCUT2D eigenvalue weighted by atomic mass is 16.5. The molecule has 2 nitrogen and oxygen atoms in total. The van der Waals surface area contributed by atoms with Crippen LogP contribution in [0.4, 0.5) is 0 Å². The first kappa shape index (κ1) is 11.9. The maximum Gasteiger partial charge on any atom is 0.0469 e. The topological polar surface area (TPSA) is 29.5 Å². The van der Waals surface area contributed by atoms with Crippen molar-refractivity contribution in [3.8, 4) is 0 Å². The van der Waals surface area contributed by atoms with Crippen LogP contribution in [0.25, 0.3) is 0 Å². The number of aliphatic hydroxyl groups is 1. The summed E-state index contributed by atoms with van der Waals surface area (Å²) < 4.78 is 5.24. The van der Waals surface area contributed by atoms with Crippen LogP contribution >= 0.6 is 0 Å². The van der Waals surface area contributed by atoms with Crippen molar-refractivity contribution in [1.29, 1.82) is 0 Å². The van der Waals surface area contributed by atoms with Crippen LogP contribution in [0.1, 0.15) is 33.6 Å². The number of rotatable bonds is 7. The predicted octanol–water partition coefficient (Wildman–Crippen LogP) is 2.07. The van der Waals surface area contributed by atoms with Gasteiger partial charge < -0.3 is 9.84 Å². The molecule has 0 bridgehead atoms. The third kappa shape index (κ3) is 6.62. The standard InChI is InChI=1S/C10H22O2/c1-4-12-6-5-10(8-11)7-9(2)3/h9-11H,4-8H2,1-3H3. The summed E-state index contributed by atoms with van der Waals surface area (Å²) in [6, 6.07) is 0. The van der Waals surface area contributed by atoms with Crippen molar-refractivity contribution in [2.45, 2.75) is 33.6 Å². The fourth-order valence-corrected chi connectivity index (χ4v) is 1.34. The number of aliphatic hydroxyl groups excluding tert-OH is 1. The fraction of sp³-hybridized carbons (Fsp3) is 1.00. The second kappa shape index (κ2) is 7.56.